The Balaban J connectivity index is 2.23. The first-order valence-corrected chi connectivity index (χ1v) is 6.62. The highest BCUT2D eigenvalue weighted by molar-refractivity contribution is 5.67. The van der Waals surface area contributed by atoms with Crippen LogP contribution in [-0.4, -0.2) is 6.61 Å². The zero-order chi connectivity index (χ0) is 15.2. The third-order valence-electron chi connectivity index (χ3n) is 2.78. The third-order valence-corrected chi connectivity index (χ3v) is 2.78. The Morgan fingerprint density at radius 3 is 2.76 bits per heavy atom. The topological polar surface area (TPSA) is 71.1 Å². The van der Waals surface area contributed by atoms with Crippen molar-refractivity contribution in [2.24, 2.45) is 0 Å². The molecule has 108 valence electrons. The first-order valence-electron chi connectivity index (χ1n) is 6.62. The van der Waals surface area contributed by atoms with E-state index in [1.165, 1.54) is 12.1 Å². The first-order chi connectivity index (χ1) is 10.1. The van der Waals surface area contributed by atoms with E-state index in [1.54, 1.807) is 24.3 Å². The van der Waals surface area contributed by atoms with Gasteiger partial charge in [0.1, 0.15) is 17.6 Å². The molecule has 0 atom stereocenters. The molecule has 3 N–H and O–H groups in total. The summed E-state index contributed by atoms with van der Waals surface area (Å²) in [5.74, 6) is 0.129. The van der Waals surface area contributed by atoms with Gasteiger partial charge in [-0.05, 0) is 30.7 Å². The minimum absolute atomic E-state index is 0.00800. The number of nitrogens with zero attached hydrogens (tertiary/aromatic N) is 1. The van der Waals surface area contributed by atoms with E-state index in [9.17, 15) is 4.39 Å². The predicted molar refractivity (Wildman–Crippen MR) is 81.0 cm³/mol. The van der Waals surface area contributed by atoms with E-state index in [4.69, 9.17) is 15.7 Å². The number of anilines is 3. The quantitative estimate of drug-likeness (QED) is 0.819. The van der Waals surface area contributed by atoms with E-state index in [2.05, 4.69) is 5.32 Å². The number of halogens is 1. The van der Waals surface area contributed by atoms with E-state index in [-0.39, 0.29) is 5.56 Å². The molecular formula is C16H16FN3O. The van der Waals surface area contributed by atoms with Crippen molar-refractivity contribution >= 4 is 17.1 Å². The lowest BCUT2D eigenvalue weighted by Gasteiger charge is -2.11. The average molecular weight is 285 g/mol. The maximum Gasteiger partial charge on any atom is 0.141 e. The lowest BCUT2D eigenvalue weighted by molar-refractivity contribution is 0.318. The van der Waals surface area contributed by atoms with E-state index >= 15 is 0 Å². The van der Waals surface area contributed by atoms with Crippen molar-refractivity contribution in [3.05, 3.63) is 47.8 Å². The Labute approximate surface area is 123 Å². The Kier molecular flexibility index (Phi) is 4.62. The van der Waals surface area contributed by atoms with Crippen LogP contribution in [0.3, 0.4) is 0 Å². The van der Waals surface area contributed by atoms with Crippen LogP contribution in [0.2, 0.25) is 0 Å². The maximum absolute atomic E-state index is 13.3. The van der Waals surface area contributed by atoms with Crippen molar-refractivity contribution in [3.8, 4) is 11.8 Å². The molecule has 0 radical (unpaired) electrons. The van der Waals surface area contributed by atoms with Crippen molar-refractivity contribution in [2.45, 2.75) is 13.3 Å². The lowest BCUT2D eigenvalue weighted by atomic mass is 10.2. The largest absolute Gasteiger partial charge is 0.493 e. The average Bonchev–Trinajstić information content (AvgIpc) is 2.46. The smallest absolute Gasteiger partial charge is 0.141 e. The third kappa shape index (κ3) is 3.86. The molecule has 0 spiro atoms. The van der Waals surface area contributed by atoms with Gasteiger partial charge in [-0.3, -0.25) is 0 Å². The van der Waals surface area contributed by atoms with Gasteiger partial charge in [-0.15, -0.1) is 0 Å². The second-order valence-electron chi connectivity index (χ2n) is 4.57. The number of ether oxygens (including phenoxy) is 1. The fourth-order valence-corrected chi connectivity index (χ4v) is 1.85. The van der Waals surface area contributed by atoms with E-state index in [1.807, 2.05) is 13.0 Å². The van der Waals surface area contributed by atoms with Gasteiger partial charge >= 0.3 is 0 Å². The van der Waals surface area contributed by atoms with Gasteiger partial charge in [0.05, 0.1) is 12.2 Å². The molecule has 0 aliphatic carbocycles. The molecular weight excluding hydrogens is 269 g/mol. The summed E-state index contributed by atoms with van der Waals surface area (Å²) in [7, 11) is 0. The normalized spacial score (nSPS) is 9.95. The number of rotatable bonds is 5. The standard InChI is InChI=1S/C16H16FN3O/c1-2-5-21-15-8-12(19)7-14(9-15)20-13-3-4-16(17)11(6-13)10-18/h3-4,6-9,20H,2,5,19H2,1H3. The summed E-state index contributed by atoms with van der Waals surface area (Å²) < 4.78 is 18.8. The van der Waals surface area contributed by atoms with Gasteiger partial charge in [0, 0.05) is 29.2 Å². The van der Waals surface area contributed by atoms with E-state index < -0.39 is 5.82 Å². The second kappa shape index (κ2) is 6.62. The Morgan fingerprint density at radius 2 is 2.05 bits per heavy atom. The fourth-order valence-electron chi connectivity index (χ4n) is 1.85. The van der Waals surface area contributed by atoms with Crippen LogP contribution in [0, 0.1) is 17.1 Å². The van der Waals surface area contributed by atoms with Crippen LogP contribution < -0.4 is 15.8 Å². The van der Waals surface area contributed by atoms with Crippen molar-refractivity contribution < 1.29 is 9.13 Å². The Morgan fingerprint density at radius 1 is 1.24 bits per heavy atom. The molecule has 0 aromatic heterocycles. The number of nitrogens with one attached hydrogen (secondary N) is 1. The summed E-state index contributed by atoms with van der Waals surface area (Å²) in [6, 6.07) is 11.4. The number of hydrogen-bond donors (Lipinski definition) is 2. The molecule has 0 unspecified atom stereocenters. The molecule has 2 rings (SSSR count). The van der Waals surface area contributed by atoms with Crippen LogP contribution in [0.5, 0.6) is 5.75 Å². The summed E-state index contributed by atoms with van der Waals surface area (Å²) in [5, 5.41) is 11.9. The zero-order valence-corrected chi connectivity index (χ0v) is 11.7. The van der Waals surface area contributed by atoms with Gasteiger partial charge in [0.25, 0.3) is 0 Å². The summed E-state index contributed by atoms with van der Waals surface area (Å²) >= 11 is 0. The van der Waals surface area contributed by atoms with Crippen molar-refractivity contribution in [1.82, 2.24) is 0 Å². The SMILES string of the molecule is CCCOc1cc(N)cc(Nc2ccc(F)c(C#N)c2)c1. The van der Waals surface area contributed by atoms with Crippen LogP contribution in [0.15, 0.2) is 36.4 Å². The number of benzene rings is 2. The molecule has 0 aliphatic rings. The molecule has 5 heteroatoms. The highest BCUT2D eigenvalue weighted by Gasteiger charge is 2.05. The highest BCUT2D eigenvalue weighted by Crippen LogP contribution is 2.26. The molecule has 4 nitrogen and oxygen atoms in total. The van der Waals surface area contributed by atoms with Crippen molar-refractivity contribution in [2.75, 3.05) is 17.7 Å². The second-order valence-corrected chi connectivity index (χ2v) is 4.57. The van der Waals surface area contributed by atoms with Gasteiger partial charge in [-0.2, -0.15) is 5.26 Å². The van der Waals surface area contributed by atoms with Gasteiger partial charge in [0.15, 0.2) is 0 Å². The summed E-state index contributed by atoms with van der Waals surface area (Å²) in [4.78, 5) is 0. The molecule has 0 amide bonds. The lowest BCUT2D eigenvalue weighted by Crippen LogP contribution is -1.99. The van der Waals surface area contributed by atoms with Crippen LogP contribution >= 0.6 is 0 Å². The summed E-state index contributed by atoms with van der Waals surface area (Å²) in [6.07, 6.45) is 0.904. The maximum atomic E-state index is 13.3. The molecule has 0 heterocycles. The summed E-state index contributed by atoms with van der Waals surface area (Å²) in [6.45, 7) is 2.63. The van der Waals surface area contributed by atoms with Gasteiger partial charge in [-0.1, -0.05) is 6.92 Å². The predicted octanol–water partition coefficient (Wildman–Crippen LogP) is 3.81. The monoisotopic (exact) mass is 285 g/mol. The molecule has 21 heavy (non-hydrogen) atoms. The molecule has 0 aliphatic heterocycles. The fraction of sp³-hybridized carbons (Fsp3) is 0.188. The Bertz CT molecular complexity index is 680. The molecule has 2 aromatic rings. The molecule has 0 fully saturated rings. The van der Waals surface area contributed by atoms with Gasteiger partial charge in [-0.25, -0.2) is 4.39 Å². The highest BCUT2D eigenvalue weighted by atomic mass is 19.1. The number of hydrogen-bond acceptors (Lipinski definition) is 4. The van der Waals surface area contributed by atoms with Crippen LogP contribution in [0.1, 0.15) is 18.9 Å². The molecule has 0 saturated heterocycles. The minimum atomic E-state index is -0.539. The van der Waals surface area contributed by atoms with E-state index in [0.717, 1.165) is 12.1 Å². The van der Waals surface area contributed by atoms with Crippen molar-refractivity contribution in [3.63, 3.8) is 0 Å². The zero-order valence-electron chi connectivity index (χ0n) is 11.7. The first kappa shape index (κ1) is 14.7. The van der Waals surface area contributed by atoms with E-state index in [0.29, 0.717) is 23.7 Å². The Hall–Kier alpha value is -2.74. The van der Waals surface area contributed by atoms with Crippen LogP contribution in [0.4, 0.5) is 21.5 Å². The summed E-state index contributed by atoms with van der Waals surface area (Å²) in [5.41, 5.74) is 7.72. The number of nitrogen functional groups attached to an aromatic ring is 1. The van der Waals surface area contributed by atoms with Crippen LogP contribution in [0.25, 0.3) is 0 Å². The van der Waals surface area contributed by atoms with Crippen LogP contribution in [-0.2, 0) is 0 Å². The number of nitriles is 1. The molecule has 0 bridgehead atoms. The van der Waals surface area contributed by atoms with Crippen molar-refractivity contribution in [1.29, 1.82) is 5.26 Å². The molecule has 0 saturated carbocycles. The van der Waals surface area contributed by atoms with Gasteiger partial charge in [0.2, 0.25) is 0 Å². The van der Waals surface area contributed by atoms with Gasteiger partial charge < -0.3 is 15.8 Å². The number of nitrogens with two attached hydrogens (primary N) is 1. The molecule has 2 aromatic carbocycles. The minimum Gasteiger partial charge on any atom is -0.493 e.